The van der Waals surface area contributed by atoms with E-state index in [0.717, 1.165) is 13.0 Å². The third-order valence-electron chi connectivity index (χ3n) is 2.51. The van der Waals surface area contributed by atoms with E-state index in [4.69, 9.17) is 0 Å². The zero-order valence-corrected chi connectivity index (χ0v) is 8.85. The van der Waals surface area contributed by atoms with Gasteiger partial charge in [0.1, 0.15) is 0 Å². The summed E-state index contributed by atoms with van der Waals surface area (Å²) in [5.41, 5.74) is 0. The predicted molar refractivity (Wildman–Crippen MR) is 56.4 cm³/mol. The number of nitrogens with zero attached hydrogens (tertiary/aromatic N) is 2. The Kier molecular flexibility index (Phi) is 3.31. The summed E-state index contributed by atoms with van der Waals surface area (Å²) in [5, 5.41) is 5.32. The summed E-state index contributed by atoms with van der Waals surface area (Å²) in [4.78, 5) is 26.0. The van der Waals surface area contributed by atoms with Crippen LogP contribution in [0.5, 0.6) is 0 Å². The molecule has 1 aromatic heterocycles. The van der Waals surface area contributed by atoms with Gasteiger partial charge in [-0.2, -0.15) is 0 Å². The van der Waals surface area contributed by atoms with Gasteiger partial charge in [-0.3, -0.25) is 14.9 Å². The lowest BCUT2D eigenvalue weighted by Gasteiger charge is -2.08. The Hall–Kier alpha value is -1.69. The highest BCUT2D eigenvalue weighted by Crippen LogP contribution is 2.01. The Morgan fingerprint density at radius 2 is 2.44 bits per heavy atom. The molecule has 1 unspecified atom stereocenters. The van der Waals surface area contributed by atoms with Crippen LogP contribution >= 0.6 is 0 Å². The number of aryl methyl sites for hydroxylation is 1. The van der Waals surface area contributed by atoms with E-state index >= 15 is 0 Å². The second kappa shape index (κ2) is 4.89. The Morgan fingerprint density at radius 1 is 1.56 bits per heavy atom. The van der Waals surface area contributed by atoms with Crippen LogP contribution in [-0.4, -0.2) is 34.0 Å². The zero-order chi connectivity index (χ0) is 11.4. The lowest BCUT2D eigenvalue weighted by atomic mass is 10.2. The van der Waals surface area contributed by atoms with Crippen LogP contribution in [0.15, 0.2) is 18.7 Å². The topological polar surface area (TPSA) is 76.0 Å². The fourth-order valence-corrected chi connectivity index (χ4v) is 1.68. The largest absolute Gasteiger partial charge is 0.337 e. The highest BCUT2D eigenvalue weighted by molar-refractivity contribution is 6.05. The van der Waals surface area contributed by atoms with Crippen molar-refractivity contribution in [1.29, 1.82) is 0 Å². The Labute approximate surface area is 93.0 Å². The molecule has 1 atom stereocenters. The molecule has 1 aromatic rings. The molecule has 0 radical (unpaired) electrons. The molecular formula is C10H14N4O2. The van der Waals surface area contributed by atoms with Gasteiger partial charge >= 0.3 is 0 Å². The summed E-state index contributed by atoms with van der Waals surface area (Å²) in [5.74, 6) is -0.412. The molecule has 0 spiro atoms. The SMILES string of the molecule is O=C1CC(NCCCn2ccnc2)C(=O)N1. The Morgan fingerprint density at radius 3 is 3.06 bits per heavy atom. The first-order valence-corrected chi connectivity index (χ1v) is 5.28. The summed E-state index contributed by atoms with van der Waals surface area (Å²) in [6, 6.07) is -0.352. The van der Waals surface area contributed by atoms with Crippen molar-refractivity contribution in [3.63, 3.8) is 0 Å². The average molecular weight is 222 g/mol. The molecule has 1 aliphatic heterocycles. The first-order chi connectivity index (χ1) is 7.75. The average Bonchev–Trinajstić information content (AvgIpc) is 2.84. The quantitative estimate of drug-likeness (QED) is 0.509. The first-order valence-electron chi connectivity index (χ1n) is 5.28. The number of carbonyl (C=O) groups is 2. The number of nitrogens with one attached hydrogen (secondary N) is 2. The molecule has 1 fully saturated rings. The summed E-state index contributed by atoms with van der Waals surface area (Å²) in [6.45, 7) is 1.57. The summed E-state index contributed by atoms with van der Waals surface area (Å²) in [6.07, 6.45) is 6.53. The van der Waals surface area contributed by atoms with Gasteiger partial charge in [-0.25, -0.2) is 4.98 Å². The van der Waals surface area contributed by atoms with Gasteiger partial charge in [-0.1, -0.05) is 0 Å². The highest BCUT2D eigenvalue weighted by atomic mass is 16.2. The van der Waals surface area contributed by atoms with Gasteiger partial charge in [0.05, 0.1) is 18.8 Å². The number of imidazole rings is 1. The van der Waals surface area contributed by atoms with Crippen LogP contribution in [0.2, 0.25) is 0 Å². The van der Waals surface area contributed by atoms with E-state index in [1.807, 2.05) is 10.8 Å². The molecule has 1 aliphatic rings. The normalized spacial score (nSPS) is 20.1. The van der Waals surface area contributed by atoms with E-state index in [1.54, 1.807) is 12.5 Å². The Bertz CT molecular complexity index is 374. The molecule has 2 rings (SSSR count). The summed E-state index contributed by atoms with van der Waals surface area (Å²) >= 11 is 0. The molecule has 6 heteroatoms. The number of aromatic nitrogens is 2. The van der Waals surface area contributed by atoms with Crippen molar-refractivity contribution in [3.8, 4) is 0 Å². The lowest BCUT2D eigenvalue weighted by molar-refractivity contribution is -0.125. The minimum atomic E-state index is -0.352. The van der Waals surface area contributed by atoms with E-state index in [0.29, 0.717) is 6.54 Å². The van der Waals surface area contributed by atoms with Gasteiger partial charge in [0.25, 0.3) is 0 Å². The molecule has 2 amide bonds. The maximum atomic E-state index is 11.2. The molecule has 2 heterocycles. The van der Waals surface area contributed by atoms with Gasteiger partial charge in [0.2, 0.25) is 11.8 Å². The lowest BCUT2D eigenvalue weighted by Crippen LogP contribution is -2.37. The van der Waals surface area contributed by atoms with Crippen molar-refractivity contribution in [2.24, 2.45) is 0 Å². The number of hydrogen-bond acceptors (Lipinski definition) is 4. The zero-order valence-electron chi connectivity index (χ0n) is 8.85. The smallest absolute Gasteiger partial charge is 0.244 e. The fraction of sp³-hybridized carbons (Fsp3) is 0.500. The van der Waals surface area contributed by atoms with Gasteiger partial charge in [0, 0.05) is 18.9 Å². The van der Waals surface area contributed by atoms with Gasteiger partial charge in [-0.05, 0) is 13.0 Å². The third kappa shape index (κ3) is 2.66. The molecule has 0 saturated carbocycles. The molecule has 86 valence electrons. The molecule has 0 bridgehead atoms. The van der Waals surface area contributed by atoms with Crippen LogP contribution in [0.1, 0.15) is 12.8 Å². The Balaban J connectivity index is 1.65. The number of hydrogen-bond donors (Lipinski definition) is 2. The summed E-state index contributed by atoms with van der Waals surface area (Å²) < 4.78 is 1.97. The van der Waals surface area contributed by atoms with Crippen molar-refractivity contribution in [3.05, 3.63) is 18.7 Å². The summed E-state index contributed by atoms with van der Waals surface area (Å²) in [7, 11) is 0. The van der Waals surface area contributed by atoms with Crippen LogP contribution in [0.3, 0.4) is 0 Å². The predicted octanol–water partition coefficient (Wildman–Crippen LogP) is -0.722. The van der Waals surface area contributed by atoms with E-state index in [2.05, 4.69) is 15.6 Å². The number of amides is 2. The van der Waals surface area contributed by atoms with Gasteiger partial charge < -0.3 is 9.88 Å². The van der Waals surface area contributed by atoms with Crippen LogP contribution < -0.4 is 10.6 Å². The van der Waals surface area contributed by atoms with Crippen LogP contribution in [-0.2, 0) is 16.1 Å². The van der Waals surface area contributed by atoms with Crippen molar-refractivity contribution >= 4 is 11.8 Å². The monoisotopic (exact) mass is 222 g/mol. The van der Waals surface area contributed by atoms with Crippen molar-refractivity contribution in [2.45, 2.75) is 25.4 Å². The number of carbonyl (C=O) groups excluding carboxylic acids is 2. The third-order valence-corrected chi connectivity index (χ3v) is 2.51. The minimum Gasteiger partial charge on any atom is -0.337 e. The molecular weight excluding hydrogens is 208 g/mol. The van der Waals surface area contributed by atoms with E-state index in [-0.39, 0.29) is 24.3 Å². The van der Waals surface area contributed by atoms with Crippen LogP contribution in [0.4, 0.5) is 0 Å². The second-order valence-corrected chi connectivity index (χ2v) is 3.78. The molecule has 6 nitrogen and oxygen atoms in total. The van der Waals surface area contributed by atoms with E-state index in [1.165, 1.54) is 0 Å². The van der Waals surface area contributed by atoms with Crippen molar-refractivity contribution in [2.75, 3.05) is 6.54 Å². The second-order valence-electron chi connectivity index (χ2n) is 3.78. The highest BCUT2D eigenvalue weighted by Gasteiger charge is 2.29. The maximum absolute atomic E-state index is 11.2. The van der Waals surface area contributed by atoms with E-state index in [9.17, 15) is 9.59 Å². The molecule has 0 aromatic carbocycles. The number of rotatable bonds is 5. The van der Waals surface area contributed by atoms with Crippen molar-refractivity contribution < 1.29 is 9.59 Å². The first kappa shape index (κ1) is 10.8. The minimum absolute atomic E-state index is 0.197. The van der Waals surface area contributed by atoms with Crippen LogP contribution in [0.25, 0.3) is 0 Å². The standard InChI is InChI=1S/C10H14N4O2/c15-9-6-8(10(16)13-9)12-2-1-4-14-5-3-11-7-14/h3,5,7-8,12H,1-2,4,6H2,(H,13,15,16). The van der Waals surface area contributed by atoms with E-state index < -0.39 is 0 Å². The van der Waals surface area contributed by atoms with Gasteiger partial charge in [0.15, 0.2) is 0 Å². The molecule has 0 aliphatic carbocycles. The molecule has 1 saturated heterocycles. The van der Waals surface area contributed by atoms with Gasteiger partial charge in [-0.15, -0.1) is 0 Å². The van der Waals surface area contributed by atoms with Crippen LogP contribution in [0, 0.1) is 0 Å². The maximum Gasteiger partial charge on any atom is 0.244 e. The van der Waals surface area contributed by atoms with Crippen molar-refractivity contribution in [1.82, 2.24) is 20.2 Å². The number of imide groups is 1. The molecule has 16 heavy (non-hydrogen) atoms. The molecule has 2 N–H and O–H groups in total. The fourth-order valence-electron chi connectivity index (χ4n) is 1.68.